The molecule has 0 unspecified atom stereocenters. The van der Waals surface area contributed by atoms with E-state index in [1.807, 2.05) is 12.3 Å². The number of carbonyl (C=O) groups is 1. The Kier molecular flexibility index (Phi) is 5.38. The molecular weight excluding hydrogens is 304 g/mol. The van der Waals surface area contributed by atoms with Crippen molar-refractivity contribution in [2.45, 2.75) is 19.4 Å². The molecule has 1 fully saturated rings. The van der Waals surface area contributed by atoms with E-state index >= 15 is 0 Å². The van der Waals surface area contributed by atoms with Gasteiger partial charge >= 0.3 is 0 Å². The summed E-state index contributed by atoms with van der Waals surface area (Å²) in [5, 5.41) is 0. The molecule has 0 radical (unpaired) electrons. The molecular formula is C18H22N4O2. The van der Waals surface area contributed by atoms with E-state index in [1.54, 1.807) is 24.5 Å². The molecule has 0 bridgehead atoms. The number of piperidine rings is 1. The second-order valence-corrected chi connectivity index (χ2v) is 6.13. The number of hydrogen-bond donors (Lipinski definition) is 1. The van der Waals surface area contributed by atoms with Crippen LogP contribution < -0.4 is 10.5 Å². The van der Waals surface area contributed by atoms with Gasteiger partial charge in [-0.2, -0.15) is 0 Å². The van der Waals surface area contributed by atoms with Crippen molar-refractivity contribution in [2.24, 2.45) is 11.7 Å². The summed E-state index contributed by atoms with van der Waals surface area (Å²) in [6.07, 6.45) is 7.48. The normalized spacial score (nSPS) is 16.0. The van der Waals surface area contributed by atoms with Crippen LogP contribution in [0.5, 0.6) is 5.75 Å². The van der Waals surface area contributed by atoms with Gasteiger partial charge < -0.3 is 10.5 Å². The number of pyridine rings is 2. The summed E-state index contributed by atoms with van der Waals surface area (Å²) in [7, 11) is 0. The van der Waals surface area contributed by atoms with Crippen LogP contribution in [-0.4, -0.2) is 40.5 Å². The number of aromatic nitrogens is 2. The summed E-state index contributed by atoms with van der Waals surface area (Å²) in [4.78, 5) is 21.7. The summed E-state index contributed by atoms with van der Waals surface area (Å²) < 4.78 is 5.81. The quantitative estimate of drug-likeness (QED) is 0.876. The van der Waals surface area contributed by atoms with Gasteiger partial charge in [0.1, 0.15) is 11.4 Å². The predicted molar refractivity (Wildman–Crippen MR) is 90.5 cm³/mol. The molecule has 2 N–H and O–H groups in total. The molecule has 6 nitrogen and oxygen atoms in total. The lowest BCUT2D eigenvalue weighted by atomic mass is 9.97. The van der Waals surface area contributed by atoms with Crippen molar-refractivity contribution < 1.29 is 9.53 Å². The first kappa shape index (κ1) is 16.4. The lowest BCUT2D eigenvalue weighted by molar-refractivity contribution is 0.0994. The van der Waals surface area contributed by atoms with Crippen LogP contribution in [0.25, 0.3) is 0 Å². The van der Waals surface area contributed by atoms with E-state index in [2.05, 4.69) is 20.9 Å². The zero-order valence-corrected chi connectivity index (χ0v) is 13.6. The Labute approximate surface area is 141 Å². The van der Waals surface area contributed by atoms with E-state index in [0.29, 0.717) is 18.3 Å². The Morgan fingerprint density at radius 2 is 2.12 bits per heavy atom. The van der Waals surface area contributed by atoms with Gasteiger partial charge in [0.05, 0.1) is 6.61 Å². The monoisotopic (exact) mass is 326 g/mol. The minimum absolute atomic E-state index is 0.235. The van der Waals surface area contributed by atoms with Crippen molar-refractivity contribution in [3.63, 3.8) is 0 Å². The highest BCUT2D eigenvalue weighted by Gasteiger charge is 2.20. The lowest BCUT2D eigenvalue weighted by Gasteiger charge is -2.31. The first-order chi connectivity index (χ1) is 11.7. The van der Waals surface area contributed by atoms with Crippen LogP contribution >= 0.6 is 0 Å². The number of primary amides is 1. The minimum Gasteiger partial charge on any atom is -0.493 e. The molecule has 0 spiro atoms. The Morgan fingerprint density at radius 3 is 2.83 bits per heavy atom. The third kappa shape index (κ3) is 4.52. The zero-order chi connectivity index (χ0) is 16.8. The Hall–Kier alpha value is -2.47. The molecule has 3 rings (SSSR count). The molecule has 2 aromatic rings. The number of nitrogens with two attached hydrogens (primary N) is 1. The molecule has 3 heterocycles. The fourth-order valence-electron chi connectivity index (χ4n) is 2.91. The number of rotatable bonds is 6. The first-order valence-electron chi connectivity index (χ1n) is 8.20. The second-order valence-electron chi connectivity index (χ2n) is 6.13. The summed E-state index contributed by atoms with van der Waals surface area (Å²) in [5.41, 5.74) is 6.72. The minimum atomic E-state index is -0.538. The van der Waals surface area contributed by atoms with Crippen molar-refractivity contribution in [1.29, 1.82) is 0 Å². The molecule has 24 heavy (non-hydrogen) atoms. The molecule has 1 aliphatic heterocycles. The van der Waals surface area contributed by atoms with Gasteiger partial charge in [0.2, 0.25) is 0 Å². The standard InChI is InChI=1S/C18H22N4O2/c19-18(23)17-10-16(3-7-21-17)24-13-14-4-8-22(9-5-14)12-15-2-1-6-20-11-15/h1-3,6-7,10-11,14H,4-5,8-9,12-13H2,(H2,19,23). The summed E-state index contributed by atoms with van der Waals surface area (Å²) in [5.74, 6) is 0.640. The Balaban J connectivity index is 1.44. The van der Waals surface area contributed by atoms with Gasteiger partial charge in [-0.15, -0.1) is 0 Å². The average molecular weight is 326 g/mol. The number of carbonyl (C=O) groups excluding carboxylic acids is 1. The maximum absolute atomic E-state index is 11.1. The van der Waals surface area contributed by atoms with Gasteiger partial charge in [-0.1, -0.05) is 6.07 Å². The number of ether oxygens (including phenoxy) is 1. The highest BCUT2D eigenvalue weighted by Crippen LogP contribution is 2.20. The molecule has 0 aliphatic carbocycles. The molecule has 1 aliphatic rings. The SMILES string of the molecule is NC(=O)c1cc(OCC2CCN(Cc3cccnc3)CC2)ccn1. The number of amides is 1. The lowest BCUT2D eigenvalue weighted by Crippen LogP contribution is -2.35. The Bertz CT molecular complexity index is 670. The fourth-order valence-corrected chi connectivity index (χ4v) is 2.91. The average Bonchev–Trinajstić information content (AvgIpc) is 2.62. The smallest absolute Gasteiger partial charge is 0.267 e. The van der Waals surface area contributed by atoms with Crippen LogP contribution in [0.1, 0.15) is 28.9 Å². The highest BCUT2D eigenvalue weighted by atomic mass is 16.5. The van der Waals surface area contributed by atoms with Crippen LogP contribution in [0.3, 0.4) is 0 Å². The molecule has 126 valence electrons. The van der Waals surface area contributed by atoms with E-state index in [-0.39, 0.29) is 5.69 Å². The van der Waals surface area contributed by atoms with E-state index < -0.39 is 5.91 Å². The largest absolute Gasteiger partial charge is 0.493 e. The van der Waals surface area contributed by atoms with Gasteiger partial charge in [-0.05, 0) is 49.5 Å². The van der Waals surface area contributed by atoms with Crippen LogP contribution in [-0.2, 0) is 6.54 Å². The van der Waals surface area contributed by atoms with Gasteiger partial charge in [-0.3, -0.25) is 19.7 Å². The maximum atomic E-state index is 11.1. The number of likely N-dealkylation sites (tertiary alicyclic amines) is 1. The third-order valence-electron chi connectivity index (χ3n) is 4.31. The molecule has 0 aromatic carbocycles. The molecule has 1 saturated heterocycles. The molecule has 2 aromatic heterocycles. The van der Waals surface area contributed by atoms with Gasteiger partial charge in [0.25, 0.3) is 5.91 Å². The van der Waals surface area contributed by atoms with Gasteiger partial charge in [-0.25, -0.2) is 0 Å². The molecule has 1 amide bonds. The Morgan fingerprint density at radius 1 is 1.29 bits per heavy atom. The van der Waals surface area contributed by atoms with Crippen LogP contribution in [0.4, 0.5) is 0 Å². The molecule has 6 heteroatoms. The molecule has 0 saturated carbocycles. The first-order valence-corrected chi connectivity index (χ1v) is 8.20. The fraction of sp³-hybridized carbons (Fsp3) is 0.389. The highest BCUT2D eigenvalue weighted by molar-refractivity contribution is 5.91. The predicted octanol–water partition coefficient (Wildman–Crippen LogP) is 1.87. The van der Waals surface area contributed by atoms with Gasteiger partial charge in [0, 0.05) is 31.2 Å². The summed E-state index contributed by atoms with van der Waals surface area (Å²) >= 11 is 0. The van der Waals surface area contributed by atoms with Crippen molar-refractivity contribution in [3.8, 4) is 5.75 Å². The third-order valence-corrected chi connectivity index (χ3v) is 4.31. The topological polar surface area (TPSA) is 81.3 Å². The second kappa shape index (κ2) is 7.88. The van der Waals surface area contributed by atoms with Crippen molar-refractivity contribution in [1.82, 2.24) is 14.9 Å². The van der Waals surface area contributed by atoms with E-state index in [1.165, 1.54) is 5.56 Å². The van der Waals surface area contributed by atoms with Gasteiger partial charge in [0.15, 0.2) is 0 Å². The van der Waals surface area contributed by atoms with Crippen LogP contribution in [0.2, 0.25) is 0 Å². The zero-order valence-electron chi connectivity index (χ0n) is 13.6. The number of nitrogens with zero attached hydrogens (tertiary/aromatic N) is 3. The summed E-state index contributed by atoms with van der Waals surface area (Å²) in [6, 6.07) is 7.44. The van der Waals surface area contributed by atoms with Crippen LogP contribution in [0, 0.1) is 5.92 Å². The summed E-state index contributed by atoms with van der Waals surface area (Å²) in [6.45, 7) is 3.73. The number of hydrogen-bond acceptors (Lipinski definition) is 5. The van der Waals surface area contributed by atoms with Crippen LogP contribution in [0.15, 0.2) is 42.9 Å². The van der Waals surface area contributed by atoms with E-state index in [0.717, 1.165) is 32.5 Å². The molecule has 0 atom stereocenters. The van der Waals surface area contributed by atoms with E-state index in [9.17, 15) is 4.79 Å². The maximum Gasteiger partial charge on any atom is 0.267 e. The van der Waals surface area contributed by atoms with Crippen molar-refractivity contribution in [3.05, 3.63) is 54.1 Å². The van der Waals surface area contributed by atoms with Crippen molar-refractivity contribution in [2.75, 3.05) is 19.7 Å². The van der Waals surface area contributed by atoms with Crippen molar-refractivity contribution >= 4 is 5.91 Å². The van der Waals surface area contributed by atoms with E-state index in [4.69, 9.17) is 10.5 Å².